The van der Waals surface area contributed by atoms with E-state index < -0.39 is 24.6 Å². The maximum atomic E-state index is 13.1. The molecule has 1 aromatic heterocycles. The maximum Gasteiger partial charge on any atom is 0.305 e. The number of tetrazole rings is 1. The van der Waals surface area contributed by atoms with Crippen molar-refractivity contribution in [3.63, 3.8) is 0 Å². The second kappa shape index (κ2) is 9.35. The summed E-state index contributed by atoms with van der Waals surface area (Å²) in [6.45, 7) is 0. The van der Waals surface area contributed by atoms with Crippen molar-refractivity contribution in [3.05, 3.63) is 41.5 Å². The quantitative estimate of drug-likeness (QED) is 0.574. The van der Waals surface area contributed by atoms with E-state index in [1.807, 2.05) is 0 Å². The highest BCUT2D eigenvalue weighted by Crippen LogP contribution is 2.25. The first-order chi connectivity index (χ1) is 12.3. The first-order valence-electron chi connectivity index (χ1n) is 8.39. The number of aliphatic hydroxyl groups excluding tert-OH is 2. The zero-order chi connectivity index (χ0) is 19.1. The minimum atomic E-state index is -1.11. The lowest BCUT2D eigenvalue weighted by Gasteiger charge is -2.19. The van der Waals surface area contributed by atoms with Crippen molar-refractivity contribution in [3.8, 4) is 0 Å². The molecule has 0 fully saturated rings. The number of benzene rings is 1. The number of halogens is 1. The molecule has 9 heteroatoms. The van der Waals surface area contributed by atoms with Gasteiger partial charge in [-0.05, 0) is 53.8 Å². The normalized spacial score (nSPS) is 14.8. The number of hydrogen-bond donors (Lipinski definition) is 3. The zero-order valence-electron chi connectivity index (χ0n) is 14.5. The Bertz CT molecular complexity index is 707. The number of aliphatic carboxylic acids is 1. The molecule has 142 valence electrons. The molecule has 0 saturated carbocycles. The fourth-order valence-electron chi connectivity index (χ4n) is 2.92. The SMILES string of the molecule is Cn1nnnc1C(CCC(O)CC(O)CC(=O)O)Cc1ccc(F)cc1. The molecule has 0 aliphatic carbocycles. The van der Waals surface area contributed by atoms with E-state index >= 15 is 0 Å². The minimum absolute atomic E-state index is 0.00731. The number of carboxylic acids is 1. The summed E-state index contributed by atoms with van der Waals surface area (Å²) in [7, 11) is 1.72. The molecule has 0 aliphatic rings. The van der Waals surface area contributed by atoms with Gasteiger partial charge in [-0.15, -0.1) is 5.10 Å². The third kappa shape index (κ3) is 6.16. The summed E-state index contributed by atoms with van der Waals surface area (Å²) in [6.07, 6.45) is -0.868. The molecule has 0 aliphatic heterocycles. The van der Waals surface area contributed by atoms with Crippen molar-refractivity contribution in [1.82, 2.24) is 20.2 Å². The highest BCUT2D eigenvalue weighted by Gasteiger charge is 2.21. The molecule has 3 unspecified atom stereocenters. The van der Waals surface area contributed by atoms with Crippen LogP contribution in [0.5, 0.6) is 0 Å². The van der Waals surface area contributed by atoms with Crippen LogP contribution in [-0.4, -0.2) is 53.7 Å². The van der Waals surface area contributed by atoms with E-state index in [-0.39, 0.29) is 18.2 Å². The van der Waals surface area contributed by atoms with Gasteiger partial charge in [0.2, 0.25) is 0 Å². The molecule has 3 atom stereocenters. The van der Waals surface area contributed by atoms with Crippen LogP contribution in [0.1, 0.15) is 43.0 Å². The topological polar surface area (TPSA) is 121 Å². The third-order valence-electron chi connectivity index (χ3n) is 4.22. The van der Waals surface area contributed by atoms with Crippen LogP contribution in [0.15, 0.2) is 24.3 Å². The first-order valence-corrected chi connectivity index (χ1v) is 8.39. The van der Waals surface area contributed by atoms with Gasteiger partial charge in [0.15, 0.2) is 5.82 Å². The molecule has 2 aromatic rings. The lowest BCUT2D eigenvalue weighted by molar-refractivity contribution is -0.139. The Morgan fingerprint density at radius 3 is 2.46 bits per heavy atom. The van der Waals surface area contributed by atoms with Gasteiger partial charge < -0.3 is 15.3 Å². The summed E-state index contributed by atoms with van der Waals surface area (Å²) in [4.78, 5) is 10.6. The molecule has 1 heterocycles. The average molecular weight is 366 g/mol. The predicted octanol–water partition coefficient (Wildman–Crippen LogP) is 1.04. The molecule has 2 rings (SSSR count). The van der Waals surface area contributed by atoms with Gasteiger partial charge >= 0.3 is 5.97 Å². The molecule has 0 bridgehead atoms. The molecule has 0 spiro atoms. The van der Waals surface area contributed by atoms with Gasteiger partial charge in [0.1, 0.15) is 5.82 Å². The van der Waals surface area contributed by atoms with Crippen LogP contribution in [-0.2, 0) is 18.3 Å². The number of aromatic nitrogens is 4. The van der Waals surface area contributed by atoms with Crippen LogP contribution in [0.2, 0.25) is 0 Å². The molecule has 1 aromatic carbocycles. The molecule has 8 nitrogen and oxygen atoms in total. The second-order valence-corrected chi connectivity index (χ2v) is 6.41. The summed E-state index contributed by atoms with van der Waals surface area (Å²) < 4.78 is 14.6. The fraction of sp³-hybridized carbons (Fsp3) is 0.529. The van der Waals surface area contributed by atoms with Crippen molar-refractivity contribution < 1.29 is 24.5 Å². The van der Waals surface area contributed by atoms with E-state index in [9.17, 15) is 19.4 Å². The lowest BCUT2D eigenvalue weighted by atomic mass is 9.91. The highest BCUT2D eigenvalue weighted by molar-refractivity contribution is 5.67. The molecular weight excluding hydrogens is 343 g/mol. The number of aliphatic hydroxyl groups is 2. The maximum absolute atomic E-state index is 13.1. The Morgan fingerprint density at radius 1 is 1.19 bits per heavy atom. The third-order valence-corrected chi connectivity index (χ3v) is 4.22. The van der Waals surface area contributed by atoms with Crippen molar-refractivity contribution in [2.24, 2.45) is 7.05 Å². The molecule has 0 saturated heterocycles. The summed E-state index contributed by atoms with van der Waals surface area (Å²) in [5.41, 5.74) is 0.916. The Balaban J connectivity index is 1.99. The number of carbonyl (C=O) groups is 1. The van der Waals surface area contributed by atoms with Crippen LogP contribution < -0.4 is 0 Å². The molecule has 0 radical (unpaired) electrons. The van der Waals surface area contributed by atoms with Crippen molar-refractivity contribution in [1.29, 1.82) is 0 Å². The van der Waals surface area contributed by atoms with Gasteiger partial charge in [0.05, 0.1) is 18.6 Å². The smallest absolute Gasteiger partial charge is 0.305 e. The lowest BCUT2D eigenvalue weighted by Crippen LogP contribution is -2.21. The predicted molar refractivity (Wildman–Crippen MR) is 89.8 cm³/mol. The number of rotatable bonds is 10. The van der Waals surface area contributed by atoms with Gasteiger partial charge in [-0.2, -0.15) is 0 Å². The largest absolute Gasteiger partial charge is 0.481 e. The van der Waals surface area contributed by atoms with Gasteiger partial charge in [0, 0.05) is 13.0 Å². The van der Waals surface area contributed by atoms with Gasteiger partial charge in [0.25, 0.3) is 0 Å². The standard InChI is InChI=1S/C17H23FN4O4/c1-22-17(19-20-21-22)12(8-11-2-5-13(18)6-3-11)4-7-14(23)9-15(24)10-16(25)26/h2-3,5-6,12,14-15,23-24H,4,7-10H2,1H3,(H,25,26). The average Bonchev–Trinajstić information content (AvgIpc) is 2.98. The van der Waals surface area contributed by atoms with Crippen molar-refractivity contribution in [2.45, 2.75) is 50.2 Å². The van der Waals surface area contributed by atoms with E-state index in [4.69, 9.17) is 5.11 Å². The number of nitrogens with zero attached hydrogens (tertiary/aromatic N) is 4. The van der Waals surface area contributed by atoms with E-state index in [0.29, 0.717) is 25.1 Å². The minimum Gasteiger partial charge on any atom is -0.481 e. The van der Waals surface area contributed by atoms with E-state index in [1.165, 1.54) is 12.1 Å². The molecule has 0 amide bonds. The van der Waals surface area contributed by atoms with E-state index in [2.05, 4.69) is 15.5 Å². The fourth-order valence-corrected chi connectivity index (χ4v) is 2.92. The number of hydrogen-bond acceptors (Lipinski definition) is 6. The van der Waals surface area contributed by atoms with E-state index in [0.717, 1.165) is 5.56 Å². The highest BCUT2D eigenvalue weighted by atomic mass is 19.1. The van der Waals surface area contributed by atoms with Crippen molar-refractivity contribution >= 4 is 5.97 Å². The Hall–Kier alpha value is -2.39. The summed E-state index contributed by atoms with van der Waals surface area (Å²) in [5, 5.41) is 39.9. The Labute approximate surface area is 150 Å². The van der Waals surface area contributed by atoms with Gasteiger partial charge in [-0.3, -0.25) is 4.79 Å². The Morgan fingerprint density at radius 2 is 1.88 bits per heavy atom. The summed E-state index contributed by atoms with van der Waals surface area (Å²) in [5.74, 6) is -0.878. The van der Waals surface area contributed by atoms with Crippen molar-refractivity contribution in [2.75, 3.05) is 0 Å². The first kappa shape index (κ1) is 19.9. The van der Waals surface area contributed by atoms with E-state index in [1.54, 1.807) is 23.9 Å². The number of carboxylic acid groups (broad SMARTS) is 1. The summed E-state index contributed by atoms with van der Waals surface area (Å²) in [6, 6.07) is 6.16. The zero-order valence-corrected chi connectivity index (χ0v) is 14.5. The molecule has 26 heavy (non-hydrogen) atoms. The molecule has 3 N–H and O–H groups in total. The van der Waals surface area contributed by atoms with Crippen LogP contribution in [0.3, 0.4) is 0 Å². The monoisotopic (exact) mass is 366 g/mol. The van der Waals surface area contributed by atoms with Crippen LogP contribution >= 0.6 is 0 Å². The second-order valence-electron chi connectivity index (χ2n) is 6.41. The summed E-state index contributed by atoms with van der Waals surface area (Å²) >= 11 is 0. The van der Waals surface area contributed by atoms with Crippen LogP contribution in [0.25, 0.3) is 0 Å². The van der Waals surface area contributed by atoms with Crippen LogP contribution in [0, 0.1) is 5.82 Å². The number of aryl methyl sites for hydroxylation is 1. The van der Waals surface area contributed by atoms with Crippen LogP contribution in [0.4, 0.5) is 4.39 Å². The van der Waals surface area contributed by atoms with Gasteiger partial charge in [-0.25, -0.2) is 9.07 Å². The molecular formula is C17H23FN4O4. The van der Waals surface area contributed by atoms with Gasteiger partial charge in [-0.1, -0.05) is 12.1 Å². The Kier molecular flexibility index (Phi) is 7.16.